The maximum Gasteiger partial charge on any atom is 0.319 e. The smallest absolute Gasteiger partial charge is 0.319 e. The van der Waals surface area contributed by atoms with Crippen LogP contribution in [0.15, 0.2) is 55.0 Å². The Kier molecular flexibility index (Phi) is 5.71. The fourth-order valence-corrected chi connectivity index (χ4v) is 3.05. The number of pyridine rings is 1. The number of nitrogens with zero attached hydrogens (tertiary/aromatic N) is 2. The second-order valence-corrected chi connectivity index (χ2v) is 6.49. The molecule has 140 valence electrons. The van der Waals surface area contributed by atoms with E-state index in [9.17, 15) is 9.59 Å². The van der Waals surface area contributed by atoms with E-state index < -0.39 is 5.97 Å². The Bertz CT molecular complexity index is 937. The quantitative estimate of drug-likeness (QED) is 0.598. The van der Waals surface area contributed by atoms with Crippen LogP contribution < -0.4 is 10.6 Å². The van der Waals surface area contributed by atoms with E-state index in [1.807, 2.05) is 53.9 Å². The molecule has 0 aliphatic rings. The molecule has 1 atom stereocenters. The first kappa shape index (κ1) is 18.4. The summed E-state index contributed by atoms with van der Waals surface area (Å²) in [6.45, 7) is 1.93. The Morgan fingerprint density at radius 1 is 1.26 bits per heavy atom. The zero-order chi connectivity index (χ0) is 19.2. The molecule has 7 heteroatoms. The number of rotatable bonds is 7. The van der Waals surface area contributed by atoms with Gasteiger partial charge in [-0.25, -0.2) is 9.78 Å². The Morgan fingerprint density at radius 2 is 2.04 bits per heavy atom. The number of aryl methyl sites for hydroxylation is 1. The van der Waals surface area contributed by atoms with Crippen LogP contribution in [0.2, 0.25) is 0 Å². The molecule has 0 saturated heterocycles. The molecule has 1 unspecified atom stereocenters. The lowest BCUT2D eigenvalue weighted by atomic mass is 10.0. The monoisotopic (exact) mass is 366 g/mol. The third kappa shape index (κ3) is 5.07. The molecule has 2 heterocycles. The maximum atomic E-state index is 12.4. The van der Waals surface area contributed by atoms with Gasteiger partial charge in [0.15, 0.2) is 0 Å². The number of urea groups is 1. The van der Waals surface area contributed by atoms with Crippen molar-refractivity contribution in [1.29, 1.82) is 0 Å². The van der Waals surface area contributed by atoms with Crippen molar-refractivity contribution in [2.45, 2.75) is 32.2 Å². The second-order valence-electron chi connectivity index (χ2n) is 6.49. The van der Waals surface area contributed by atoms with Crippen molar-refractivity contribution in [2.75, 3.05) is 5.32 Å². The van der Waals surface area contributed by atoms with Crippen molar-refractivity contribution in [3.63, 3.8) is 0 Å². The van der Waals surface area contributed by atoms with E-state index >= 15 is 0 Å². The second kappa shape index (κ2) is 8.35. The molecule has 3 N–H and O–H groups in total. The van der Waals surface area contributed by atoms with Gasteiger partial charge in [0.25, 0.3) is 0 Å². The summed E-state index contributed by atoms with van der Waals surface area (Å²) in [5.41, 5.74) is 3.48. The first-order chi connectivity index (χ1) is 13.0. The Hall–Kier alpha value is -3.35. The maximum absolute atomic E-state index is 12.4. The molecule has 7 nitrogen and oxygen atoms in total. The summed E-state index contributed by atoms with van der Waals surface area (Å²) in [5.74, 6) is -0.878. The molecule has 3 aromatic rings. The van der Waals surface area contributed by atoms with E-state index in [0.29, 0.717) is 18.5 Å². The van der Waals surface area contributed by atoms with Gasteiger partial charge < -0.3 is 20.1 Å². The van der Waals surface area contributed by atoms with Crippen LogP contribution in [0.4, 0.5) is 10.5 Å². The summed E-state index contributed by atoms with van der Waals surface area (Å²) < 4.78 is 1.84. The molecule has 0 radical (unpaired) electrons. The highest BCUT2D eigenvalue weighted by atomic mass is 16.4. The van der Waals surface area contributed by atoms with E-state index in [1.165, 1.54) is 0 Å². The number of nitrogens with one attached hydrogen (secondary N) is 2. The number of anilines is 1. The first-order valence-electron chi connectivity index (χ1n) is 8.78. The van der Waals surface area contributed by atoms with Gasteiger partial charge in [-0.15, -0.1) is 0 Å². The van der Waals surface area contributed by atoms with Crippen LogP contribution in [-0.2, 0) is 11.2 Å². The molecule has 0 aliphatic heterocycles. The summed E-state index contributed by atoms with van der Waals surface area (Å²) in [5, 5.41) is 14.7. The van der Waals surface area contributed by atoms with Crippen LogP contribution >= 0.6 is 0 Å². The highest BCUT2D eigenvalue weighted by molar-refractivity contribution is 5.89. The fourth-order valence-electron chi connectivity index (χ4n) is 3.05. The Morgan fingerprint density at radius 3 is 2.78 bits per heavy atom. The fraction of sp³-hybridized carbons (Fsp3) is 0.250. The van der Waals surface area contributed by atoms with Gasteiger partial charge in [0.1, 0.15) is 5.65 Å². The van der Waals surface area contributed by atoms with Crippen LogP contribution in [0, 0.1) is 6.92 Å². The van der Waals surface area contributed by atoms with Gasteiger partial charge in [0, 0.05) is 31.1 Å². The number of carboxylic acid groups (broad SMARTS) is 1. The predicted octanol–water partition coefficient (Wildman–Crippen LogP) is 3.24. The number of carbonyl (C=O) groups excluding carboxylic acids is 1. The van der Waals surface area contributed by atoms with E-state index in [1.54, 1.807) is 12.4 Å². The summed E-state index contributed by atoms with van der Waals surface area (Å²) in [6, 6.07) is 10.9. The van der Waals surface area contributed by atoms with Crippen molar-refractivity contribution >= 4 is 23.3 Å². The molecule has 0 saturated carbocycles. The van der Waals surface area contributed by atoms with Crippen molar-refractivity contribution in [3.05, 3.63) is 66.1 Å². The molecular weight excluding hydrogens is 344 g/mol. The lowest BCUT2D eigenvalue weighted by Gasteiger charge is -2.19. The minimum Gasteiger partial charge on any atom is -0.481 e. The van der Waals surface area contributed by atoms with E-state index in [4.69, 9.17) is 5.11 Å². The number of aromatic nitrogens is 2. The van der Waals surface area contributed by atoms with Gasteiger partial charge in [-0.1, -0.05) is 30.3 Å². The van der Waals surface area contributed by atoms with Gasteiger partial charge in [-0.05, 0) is 37.0 Å². The number of fused-ring (bicyclic) bond motifs is 1. The molecule has 2 amide bonds. The highest BCUT2D eigenvalue weighted by Gasteiger charge is 2.15. The normalized spacial score (nSPS) is 11.9. The summed E-state index contributed by atoms with van der Waals surface area (Å²) in [7, 11) is 0. The molecule has 0 aliphatic carbocycles. The minimum atomic E-state index is -0.878. The summed E-state index contributed by atoms with van der Waals surface area (Å²) in [4.78, 5) is 27.6. The van der Waals surface area contributed by atoms with Crippen LogP contribution in [0.25, 0.3) is 5.65 Å². The van der Waals surface area contributed by atoms with Crippen molar-refractivity contribution in [2.24, 2.45) is 0 Å². The number of aliphatic carboxylic acids is 1. The van der Waals surface area contributed by atoms with Gasteiger partial charge in [-0.2, -0.15) is 0 Å². The molecular formula is C20H22N4O3. The first-order valence-corrected chi connectivity index (χ1v) is 8.78. The van der Waals surface area contributed by atoms with Crippen molar-refractivity contribution < 1.29 is 14.7 Å². The highest BCUT2D eigenvalue weighted by Crippen LogP contribution is 2.15. The van der Waals surface area contributed by atoms with Gasteiger partial charge in [0.05, 0.1) is 5.69 Å². The third-order valence-electron chi connectivity index (χ3n) is 4.30. The van der Waals surface area contributed by atoms with E-state index in [-0.39, 0.29) is 18.5 Å². The van der Waals surface area contributed by atoms with Gasteiger partial charge in [-0.3, -0.25) is 4.79 Å². The Labute approximate surface area is 157 Å². The van der Waals surface area contributed by atoms with E-state index in [0.717, 1.165) is 16.8 Å². The zero-order valence-electron chi connectivity index (χ0n) is 15.1. The minimum absolute atomic E-state index is 0.00210. The molecule has 0 fully saturated rings. The third-order valence-corrected chi connectivity index (χ3v) is 4.30. The number of hydrogen-bond donors (Lipinski definition) is 3. The standard InChI is InChI=1S/C20H22N4O3/c1-14-11-17(13-24-10-9-21-19(14)24)23-20(27)22-16(7-8-18(25)26)12-15-5-3-2-4-6-15/h2-6,9-11,13,16H,7-8,12H2,1H3,(H,25,26)(H2,22,23,27). The van der Waals surface area contributed by atoms with E-state index in [2.05, 4.69) is 15.6 Å². The Balaban J connectivity index is 1.67. The number of carbonyl (C=O) groups is 2. The molecule has 0 spiro atoms. The molecule has 27 heavy (non-hydrogen) atoms. The van der Waals surface area contributed by atoms with Crippen molar-refractivity contribution in [3.8, 4) is 0 Å². The van der Waals surface area contributed by atoms with Crippen LogP contribution in [0.1, 0.15) is 24.0 Å². The molecule has 2 aromatic heterocycles. The molecule has 0 bridgehead atoms. The number of hydrogen-bond acceptors (Lipinski definition) is 3. The summed E-state index contributed by atoms with van der Waals surface area (Å²) in [6.07, 6.45) is 6.24. The van der Waals surface area contributed by atoms with Crippen LogP contribution in [0.5, 0.6) is 0 Å². The average molecular weight is 366 g/mol. The van der Waals surface area contributed by atoms with Gasteiger partial charge in [0.2, 0.25) is 0 Å². The van der Waals surface area contributed by atoms with Gasteiger partial charge >= 0.3 is 12.0 Å². The molecule has 1 aromatic carbocycles. The number of imidazole rings is 1. The van der Waals surface area contributed by atoms with Crippen LogP contribution in [-0.4, -0.2) is 32.5 Å². The number of carboxylic acids is 1. The lowest BCUT2D eigenvalue weighted by molar-refractivity contribution is -0.137. The lowest BCUT2D eigenvalue weighted by Crippen LogP contribution is -2.39. The SMILES string of the molecule is Cc1cc(NC(=O)NC(CCC(=O)O)Cc2ccccc2)cn2ccnc12. The zero-order valence-corrected chi connectivity index (χ0v) is 15.1. The number of amides is 2. The summed E-state index contributed by atoms with van der Waals surface area (Å²) >= 11 is 0. The largest absolute Gasteiger partial charge is 0.481 e. The predicted molar refractivity (Wildman–Crippen MR) is 103 cm³/mol. The van der Waals surface area contributed by atoms with Crippen LogP contribution in [0.3, 0.4) is 0 Å². The molecule has 3 rings (SSSR count). The average Bonchev–Trinajstić information content (AvgIpc) is 3.09. The number of benzene rings is 1. The van der Waals surface area contributed by atoms with Crippen molar-refractivity contribution in [1.82, 2.24) is 14.7 Å². The topological polar surface area (TPSA) is 95.7 Å².